The molecule has 6 heteroatoms. The van der Waals surface area contributed by atoms with Gasteiger partial charge in [0, 0.05) is 6.04 Å². The molecule has 0 bridgehead atoms. The number of sulfonamides is 1. The summed E-state index contributed by atoms with van der Waals surface area (Å²) in [7, 11) is -3.74. The predicted octanol–water partition coefficient (Wildman–Crippen LogP) is 2.36. The van der Waals surface area contributed by atoms with Gasteiger partial charge in [0.25, 0.3) is 0 Å². The second kappa shape index (κ2) is 6.34. The molecule has 0 heterocycles. The highest BCUT2D eigenvalue weighted by atomic mass is 32.2. The zero-order valence-corrected chi connectivity index (χ0v) is 12.3. The Bertz CT molecular complexity index is 731. The van der Waals surface area contributed by atoms with Crippen molar-refractivity contribution in [3.05, 3.63) is 65.5 Å². The number of hydrogen-bond donors (Lipinski definition) is 2. The van der Waals surface area contributed by atoms with Crippen molar-refractivity contribution in [1.29, 1.82) is 0 Å². The van der Waals surface area contributed by atoms with Crippen LogP contribution in [0.15, 0.2) is 53.4 Å². The zero-order valence-electron chi connectivity index (χ0n) is 11.5. The van der Waals surface area contributed by atoms with Crippen LogP contribution in [0.3, 0.4) is 0 Å². The van der Waals surface area contributed by atoms with E-state index in [1.54, 1.807) is 25.1 Å². The zero-order chi connectivity index (χ0) is 15.5. The van der Waals surface area contributed by atoms with E-state index in [1.807, 2.05) is 0 Å². The van der Waals surface area contributed by atoms with Crippen LogP contribution < -0.4 is 4.72 Å². The van der Waals surface area contributed by atoms with Crippen LogP contribution >= 0.6 is 0 Å². The smallest absolute Gasteiger partial charge is 0.241 e. The van der Waals surface area contributed by atoms with Gasteiger partial charge in [-0.3, -0.25) is 0 Å². The maximum Gasteiger partial charge on any atom is 0.241 e. The normalized spacial score (nSPS) is 13.1. The first-order valence-electron chi connectivity index (χ1n) is 6.40. The Labute approximate surface area is 123 Å². The van der Waals surface area contributed by atoms with Gasteiger partial charge < -0.3 is 5.11 Å². The second-order valence-corrected chi connectivity index (χ2v) is 6.42. The SMILES string of the molecule is CC(NS(=O)(=O)c1cccc(CO)c1)c1cccc(F)c1. The molecule has 1 unspecified atom stereocenters. The summed E-state index contributed by atoms with van der Waals surface area (Å²) in [6.45, 7) is 1.41. The third-order valence-corrected chi connectivity index (χ3v) is 4.61. The molecule has 2 aromatic rings. The largest absolute Gasteiger partial charge is 0.392 e. The lowest BCUT2D eigenvalue weighted by Gasteiger charge is -2.15. The minimum Gasteiger partial charge on any atom is -0.392 e. The minimum absolute atomic E-state index is 0.0669. The monoisotopic (exact) mass is 309 g/mol. The fraction of sp³-hybridized carbons (Fsp3) is 0.200. The van der Waals surface area contributed by atoms with Crippen molar-refractivity contribution in [1.82, 2.24) is 4.72 Å². The van der Waals surface area contributed by atoms with Crippen LogP contribution in [-0.4, -0.2) is 13.5 Å². The van der Waals surface area contributed by atoms with Crippen LogP contribution in [0.25, 0.3) is 0 Å². The summed E-state index contributed by atoms with van der Waals surface area (Å²) in [6, 6.07) is 11.3. The van der Waals surface area contributed by atoms with Crippen molar-refractivity contribution in [3.8, 4) is 0 Å². The number of halogens is 1. The van der Waals surface area contributed by atoms with E-state index in [4.69, 9.17) is 5.11 Å². The fourth-order valence-corrected chi connectivity index (χ4v) is 3.26. The molecule has 0 aliphatic rings. The topological polar surface area (TPSA) is 66.4 Å². The number of nitrogens with one attached hydrogen (secondary N) is 1. The van der Waals surface area contributed by atoms with Crippen LogP contribution in [0.2, 0.25) is 0 Å². The molecule has 0 aliphatic heterocycles. The van der Waals surface area contributed by atoms with Gasteiger partial charge >= 0.3 is 0 Å². The average molecular weight is 309 g/mol. The molecule has 0 radical (unpaired) electrons. The summed E-state index contributed by atoms with van der Waals surface area (Å²) >= 11 is 0. The molecule has 112 valence electrons. The van der Waals surface area contributed by atoms with Crippen LogP contribution in [0, 0.1) is 5.82 Å². The van der Waals surface area contributed by atoms with Gasteiger partial charge in [0.05, 0.1) is 11.5 Å². The molecule has 0 amide bonds. The van der Waals surface area contributed by atoms with Crippen molar-refractivity contribution in [3.63, 3.8) is 0 Å². The van der Waals surface area contributed by atoms with Gasteiger partial charge in [-0.05, 0) is 42.3 Å². The summed E-state index contributed by atoms with van der Waals surface area (Å²) in [5, 5.41) is 9.06. The van der Waals surface area contributed by atoms with E-state index in [0.717, 1.165) is 0 Å². The first kappa shape index (κ1) is 15.6. The van der Waals surface area contributed by atoms with E-state index in [1.165, 1.54) is 30.3 Å². The first-order chi connectivity index (χ1) is 9.92. The molecular weight excluding hydrogens is 293 g/mol. The molecule has 0 aliphatic carbocycles. The molecule has 2 N–H and O–H groups in total. The maximum atomic E-state index is 13.2. The van der Waals surface area contributed by atoms with E-state index in [9.17, 15) is 12.8 Å². The van der Waals surface area contributed by atoms with Crippen LogP contribution in [-0.2, 0) is 16.6 Å². The summed E-state index contributed by atoms with van der Waals surface area (Å²) in [4.78, 5) is 0.0669. The maximum absolute atomic E-state index is 13.2. The van der Waals surface area contributed by atoms with Crippen molar-refractivity contribution in [2.75, 3.05) is 0 Å². The standard InChI is InChI=1S/C15H16FNO3S/c1-11(13-5-3-6-14(16)9-13)17-21(19,20)15-7-2-4-12(8-15)10-18/h2-9,11,17-18H,10H2,1H3. The molecule has 2 aromatic carbocycles. The summed E-state index contributed by atoms with van der Waals surface area (Å²) in [5.41, 5.74) is 1.05. The molecule has 0 saturated carbocycles. The van der Waals surface area contributed by atoms with E-state index in [-0.39, 0.29) is 11.5 Å². The molecule has 4 nitrogen and oxygen atoms in total. The average Bonchev–Trinajstić information content (AvgIpc) is 2.47. The Balaban J connectivity index is 2.24. The number of rotatable bonds is 5. The quantitative estimate of drug-likeness (QED) is 0.891. The molecule has 0 aromatic heterocycles. The van der Waals surface area contributed by atoms with E-state index >= 15 is 0 Å². The second-order valence-electron chi connectivity index (χ2n) is 4.70. The van der Waals surface area contributed by atoms with Gasteiger partial charge in [-0.15, -0.1) is 0 Å². The lowest BCUT2D eigenvalue weighted by Crippen LogP contribution is -2.27. The van der Waals surface area contributed by atoms with E-state index in [0.29, 0.717) is 11.1 Å². The molecular formula is C15H16FNO3S. The predicted molar refractivity (Wildman–Crippen MR) is 77.5 cm³/mol. The van der Waals surface area contributed by atoms with Crippen LogP contribution in [0.4, 0.5) is 4.39 Å². The van der Waals surface area contributed by atoms with Crippen molar-refractivity contribution < 1.29 is 17.9 Å². The van der Waals surface area contributed by atoms with Crippen LogP contribution in [0.1, 0.15) is 24.1 Å². The van der Waals surface area contributed by atoms with Gasteiger partial charge in [-0.2, -0.15) is 0 Å². The molecule has 21 heavy (non-hydrogen) atoms. The first-order valence-corrected chi connectivity index (χ1v) is 7.88. The minimum atomic E-state index is -3.74. The number of aliphatic hydroxyl groups excluding tert-OH is 1. The Morgan fingerprint density at radius 3 is 2.57 bits per heavy atom. The lowest BCUT2D eigenvalue weighted by atomic mass is 10.1. The Hall–Kier alpha value is -1.76. The Kier molecular flexibility index (Phi) is 4.72. The Morgan fingerprint density at radius 1 is 1.19 bits per heavy atom. The highest BCUT2D eigenvalue weighted by Crippen LogP contribution is 2.18. The molecule has 0 spiro atoms. The summed E-state index contributed by atoms with van der Waals surface area (Å²) in [6.07, 6.45) is 0. The number of benzene rings is 2. The van der Waals surface area contributed by atoms with Gasteiger partial charge in [0.1, 0.15) is 5.82 Å². The van der Waals surface area contributed by atoms with Crippen molar-refractivity contribution >= 4 is 10.0 Å². The highest BCUT2D eigenvalue weighted by Gasteiger charge is 2.18. The molecule has 2 rings (SSSR count). The van der Waals surface area contributed by atoms with Crippen LogP contribution in [0.5, 0.6) is 0 Å². The van der Waals surface area contributed by atoms with Gasteiger partial charge in [-0.25, -0.2) is 17.5 Å². The molecule has 0 saturated heterocycles. The summed E-state index contributed by atoms with van der Waals surface area (Å²) < 4.78 is 40.2. The van der Waals surface area contributed by atoms with E-state index in [2.05, 4.69) is 4.72 Å². The number of aliphatic hydroxyl groups is 1. The van der Waals surface area contributed by atoms with Crippen molar-refractivity contribution in [2.45, 2.75) is 24.5 Å². The fourth-order valence-electron chi connectivity index (χ4n) is 1.96. The summed E-state index contributed by atoms with van der Waals surface area (Å²) in [5.74, 6) is -0.416. The third kappa shape index (κ3) is 3.87. The Morgan fingerprint density at radius 2 is 1.90 bits per heavy atom. The third-order valence-electron chi connectivity index (χ3n) is 3.07. The molecule has 0 fully saturated rings. The number of hydrogen-bond acceptors (Lipinski definition) is 3. The highest BCUT2D eigenvalue weighted by molar-refractivity contribution is 7.89. The van der Waals surface area contributed by atoms with Gasteiger partial charge in [0.15, 0.2) is 0 Å². The van der Waals surface area contributed by atoms with Crippen molar-refractivity contribution in [2.24, 2.45) is 0 Å². The van der Waals surface area contributed by atoms with Gasteiger partial charge in [0.2, 0.25) is 10.0 Å². The molecule has 1 atom stereocenters. The lowest BCUT2D eigenvalue weighted by molar-refractivity contribution is 0.281. The van der Waals surface area contributed by atoms with Gasteiger partial charge in [-0.1, -0.05) is 24.3 Å². The van der Waals surface area contributed by atoms with E-state index < -0.39 is 21.9 Å².